The van der Waals surface area contributed by atoms with E-state index in [2.05, 4.69) is 21.2 Å². The molecule has 1 fully saturated rings. The second kappa shape index (κ2) is 6.28. The number of halogens is 1. The maximum atomic E-state index is 12.5. The summed E-state index contributed by atoms with van der Waals surface area (Å²) in [5, 5.41) is 2.89. The van der Waals surface area contributed by atoms with Crippen molar-refractivity contribution in [2.45, 2.75) is 45.4 Å². The Hall–Kier alpha value is -1.56. The third-order valence-electron chi connectivity index (χ3n) is 3.23. The molecule has 0 unspecified atom stereocenters. The lowest BCUT2D eigenvalue weighted by Crippen LogP contribution is -2.57. The first kappa shape index (κ1) is 16.8. The zero-order valence-corrected chi connectivity index (χ0v) is 14.8. The lowest BCUT2D eigenvalue weighted by atomic mass is 10.0. The van der Waals surface area contributed by atoms with Gasteiger partial charge in [0.05, 0.1) is 0 Å². The molecule has 5 nitrogen and oxygen atoms in total. The minimum atomic E-state index is -0.667. The van der Waals surface area contributed by atoms with E-state index in [9.17, 15) is 9.59 Å². The number of piperazine rings is 1. The van der Waals surface area contributed by atoms with E-state index in [1.54, 1.807) is 0 Å². The van der Waals surface area contributed by atoms with Crippen molar-refractivity contribution in [2.75, 3.05) is 6.54 Å². The summed E-state index contributed by atoms with van der Waals surface area (Å²) in [4.78, 5) is 26.4. The highest BCUT2D eigenvalue weighted by Crippen LogP contribution is 2.27. The maximum Gasteiger partial charge on any atom is 0.411 e. The summed E-state index contributed by atoms with van der Waals surface area (Å²) in [5.41, 5.74) is 0.164. The largest absolute Gasteiger partial charge is 0.444 e. The van der Waals surface area contributed by atoms with E-state index in [1.165, 1.54) is 4.90 Å². The Morgan fingerprint density at radius 1 is 1.32 bits per heavy atom. The Kier molecular flexibility index (Phi) is 4.80. The van der Waals surface area contributed by atoms with Crippen LogP contribution in [0.15, 0.2) is 28.7 Å². The molecule has 2 amide bonds. The molecule has 1 aromatic carbocycles. The molecule has 1 N–H and O–H groups in total. The zero-order valence-electron chi connectivity index (χ0n) is 13.2. The number of nitrogens with one attached hydrogen (secondary N) is 1. The third-order valence-corrected chi connectivity index (χ3v) is 3.76. The predicted octanol–water partition coefficient (Wildman–Crippen LogP) is 3.25. The maximum absolute atomic E-state index is 12.5. The lowest BCUT2D eigenvalue weighted by Gasteiger charge is -2.39. The third kappa shape index (κ3) is 4.00. The molecule has 0 radical (unpaired) electrons. The Balaban J connectivity index is 2.31. The molecule has 6 heteroatoms. The molecule has 0 bridgehead atoms. The van der Waals surface area contributed by atoms with Crippen molar-refractivity contribution in [3.63, 3.8) is 0 Å². The Bertz CT molecular complexity index is 566. The SMILES string of the molecule is C[C@@H]1CN(C(=O)OC(C)(C)C)[C@H](c2ccc(Br)cc2)C(=O)N1. The van der Waals surface area contributed by atoms with Crippen LogP contribution < -0.4 is 5.32 Å². The van der Waals surface area contributed by atoms with E-state index in [0.717, 1.165) is 10.0 Å². The first-order valence-electron chi connectivity index (χ1n) is 7.23. The number of hydrogen-bond acceptors (Lipinski definition) is 3. The average molecular weight is 369 g/mol. The number of amides is 2. The Labute approximate surface area is 139 Å². The van der Waals surface area contributed by atoms with Gasteiger partial charge in [0.15, 0.2) is 0 Å². The molecule has 1 aliphatic rings. The van der Waals surface area contributed by atoms with E-state index in [1.807, 2.05) is 52.0 Å². The summed E-state index contributed by atoms with van der Waals surface area (Å²) in [5.74, 6) is -0.188. The van der Waals surface area contributed by atoms with Gasteiger partial charge in [0.25, 0.3) is 0 Å². The zero-order chi connectivity index (χ0) is 16.5. The van der Waals surface area contributed by atoms with E-state index in [0.29, 0.717) is 6.54 Å². The fourth-order valence-corrected chi connectivity index (χ4v) is 2.65. The van der Waals surface area contributed by atoms with Gasteiger partial charge in [-0.2, -0.15) is 0 Å². The molecule has 22 heavy (non-hydrogen) atoms. The highest BCUT2D eigenvalue weighted by atomic mass is 79.9. The molecule has 0 aliphatic carbocycles. The highest BCUT2D eigenvalue weighted by molar-refractivity contribution is 9.10. The van der Waals surface area contributed by atoms with Gasteiger partial charge in [0.2, 0.25) is 5.91 Å². The molecule has 0 aromatic heterocycles. The van der Waals surface area contributed by atoms with Crippen LogP contribution in [0.4, 0.5) is 4.79 Å². The Morgan fingerprint density at radius 2 is 1.91 bits per heavy atom. The fraction of sp³-hybridized carbons (Fsp3) is 0.500. The number of nitrogens with zero attached hydrogens (tertiary/aromatic N) is 1. The number of carbonyl (C=O) groups excluding carboxylic acids is 2. The lowest BCUT2D eigenvalue weighted by molar-refractivity contribution is -0.130. The highest BCUT2D eigenvalue weighted by Gasteiger charge is 2.39. The van der Waals surface area contributed by atoms with Crippen LogP contribution in [0, 0.1) is 0 Å². The topological polar surface area (TPSA) is 58.6 Å². The molecular formula is C16H21BrN2O3. The van der Waals surface area contributed by atoms with Crippen LogP contribution in [0.1, 0.15) is 39.3 Å². The van der Waals surface area contributed by atoms with Crippen molar-refractivity contribution in [3.8, 4) is 0 Å². The van der Waals surface area contributed by atoms with Crippen molar-refractivity contribution < 1.29 is 14.3 Å². The van der Waals surface area contributed by atoms with Crippen LogP contribution in [0.25, 0.3) is 0 Å². The summed E-state index contributed by atoms with van der Waals surface area (Å²) < 4.78 is 6.37. The summed E-state index contributed by atoms with van der Waals surface area (Å²) in [6.07, 6.45) is -0.470. The second-order valence-electron chi connectivity index (χ2n) is 6.50. The van der Waals surface area contributed by atoms with Crippen LogP contribution in [0.5, 0.6) is 0 Å². The first-order chi connectivity index (χ1) is 10.2. The van der Waals surface area contributed by atoms with E-state index < -0.39 is 17.7 Å². The van der Waals surface area contributed by atoms with Crippen LogP contribution in [0.2, 0.25) is 0 Å². The van der Waals surface area contributed by atoms with Crippen LogP contribution in [0.3, 0.4) is 0 Å². The molecule has 1 aromatic rings. The molecule has 2 atom stereocenters. The van der Waals surface area contributed by atoms with Gasteiger partial charge in [-0.25, -0.2) is 4.79 Å². The van der Waals surface area contributed by atoms with Gasteiger partial charge in [0.1, 0.15) is 11.6 Å². The normalized spacial score (nSPS) is 22.2. The fourth-order valence-electron chi connectivity index (χ4n) is 2.39. The summed E-state index contributed by atoms with van der Waals surface area (Å²) in [7, 11) is 0. The summed E-state index contributed by atoms with van der Waals surface area (Å²) in [6, 6.07) is 6.61. The minimum absolute atomic E-state index is 0.105. The van der Waals surface area contributed by atoms with Crippen LogP contribution in [-0.2, 0) is 9.53 Å². The van der Waals surface area contributed by atoms with Crippen LogP contribution >= 0.6 is 15.9 Å². The minimum Gasteiger partial charge on any atom is -0.444 e. The average Bonchev–Trinajstić information content (AvgIpc) is 2.37. The van der Waals surface area contributed by atoms with E-state index >= 15 is 0 Å². The molecule has 0 spiro atoms. The van der Waals surface area contributed by atoms with Gasteiger partial charge in [-0.05, 0) is 45.4 Å². The molecular weight excluding hydrogens is 348 g/mol. The van der Waals surface area contributed by atoms with Gasteiger partial charge in [-0.15, -0.1) is 0 Å². The van der Waals surface area contributed by atoms with E-state index in [4.69, 9.17) is 4.74 Å². The first-order valence-corrected chi connectivity index (χ1v) is 8.02. The second-order valence-corrected chi connectivity index (χ2v) is 7.41. The van der Waals surface area contributed by atoms with E-state index in [-0.39, 0.29) is 11.9 Å². The van der Waals surface area contributed by atoms with Crippen molar-refractivity contribution >= 4 is 27.9 Å². The monoisotopic (exact) mass is 368 g/mol. The van der Waals surface area contributed by atoms with Gasteiger partial charge in [-0.1, -0.05) is 28.1 Å². The van der Waals surface area contributed by atoms with Crippen molar-refractivity contribution in [2.24, 2.45) is 0 Å². The number of benzene rings is 1. The standard InChI is InChI=1S/C16H21BrN2O3/c1-10-9-19(15(21)22-16(2,3)4)13(14(20)18-10)11-5-7-12(17)8-6-11/h5-8,10,13H,9H2,1-4H3,(H,18,20)/t10-,13-/m1/s1. The summed E-state index contributed by atoms with van der Waals surface area (Å²) >= 11 is 3.37. The number of ether oxygens (including phenoxy) is 1. The van der Waals surface area contributed by atoms with Crippen LogP contribution in [-0.4, -0.2) is 35.1 Å². The van der Waals surface area contributed by atoms with Gasteiger partial charge >= 0.3 is 6.09 Å². The van der Waals surface area contributed by atoms with Crippen molar-refractivity contribution in [3.05, 3.63) is 34.3 Å². The van der Waals surface area contributed by atoms with Crippen molar-refractivity contribution in [1.29, 1.82) is 0 Å². The smallest absolute Gasteiger partial charge is 0.411 e. The molecule has 0 saturated carbocycles. The van der Waals surface area contributed by atoms with Gasteiger partial charge in [0, 0.05) is 17.1 Å². The number of rotatable bonds is 1. The summed E-state index contributed by atoms with van der Waals surface area (Å²) in [6.45, 7) is 7.72. The molecule has 1 saturated heterocycles. The van der Waals surface area contributed by atoms with Gasteiger partial charge < -0.3 is 10.1 Å². The molecule has 1 heterocycles. The number of carbonyl (C=O) groups is 2. The quantitative estimate of drug-likeness (QED) is 0.827. The Morgan fingerprint density at radius 3 is 2.45 bits per heavy atom. The predicted molar refractivity (Wildman–Crippen MR) is 87.4 cm³/mol. The molecule has 2 rings (SSSR count). The number of hydrogen-bond donors (Lipinski definition) is 1. The van der Waals surface area contributed by atoms with Gasteiger partial charge in [-0.3, -0.25) is 9.69 Å². The molecule has 1 aliphatic heterocycles. The molecule has 120 valence electrons. The van der Waals surface area contributed by atoms with Crippen molar-refractivity contribution in [1.82, 2.24) is 10.2 Å².